The highest BCUT2D eigenvalue weighted by Crippen LogP contribution is 2.29. The smallest absolute Gasteiger partial charge is 0.234 e. The van der Waals surface area contributed by atoms with Crippen LogP contribution in [-0.4, -0.2) is 29.6 Å². The first kappa shape index (κ1) is 13.2. The highest BCUT2D eigenvalue weighted by atomic mass is 16.5. The van der Waals surface area contributed by atoms with Crippen molar-refractivity contribution in [2.24, 2.45) is 0 Å². The van der Waals surface area contributed by atoms with Crippen molar-refractivity contribution in [3.63, 3.8) is 0 Å². The molecule has 2 rings (SSSR count). The number of methoxy groups -OCH3 is 1. The van der Waals surface area contributed by atoms with E-state index in [1.54, 1.807) is 0 Å². The van der Waals surface area contributed by atoms with Crippen LogP contribution in [0.1, 0.15) is 56.2 Å². The first-order chi connectivity index (χ1) is 8.79. The molecule has 1 aliphatic carbocycles. The molecule has 0 aromatic carbocycles. The van der Waals surface area contributed by atoms with Gasteiger partial charge >= 0.3 is 0 Å². The summed E-state index contributed by atoms with van der Waals surface area (Å²) in [6.07, 6.45) is 7.50. The summed E-state index contributed by atoms with van der Waals surface area (Å²) >= 11 is 0. The summed E-state index contributed by atoms with van der Waals surface area (Å²) in [6, 6.07) is 0. The Bertz CT molecular complexity index is 381. The van der Waals surface area contributed by atoms with Crippen LogP contribution in [0.5, 0.6) is 0 Å². The zero-order valence-electron chi connectivity index (χ0n) is 10.9. The summed E-state index contributed by atoms with van der Waals surface area (Å²) in [6.45, 7) is 0.0984. The average Bonchev–Trinajstić information content (AvgIpc) is 2.64. The quantitative estimate of drug-likeness (QED) is 0.752. The van der Waals surface area contributed by atoms with Crippen LogP contribution in [0, 0.1) is 0 Å². The molecule has 1 saturated carbocycles. The van der Waals surface area contributed by atoms with Crippen LogP contribution in [-0.2, 0) is 16.0 Å². The number of ether oxygens (including phenoxy) is 1. The molecule has 0 saturated heterocycles. The molecule has 0 amide bonds. The van der Waals surface area contributed by atoms with E-state index in [2.05, 4.69) is 10.1 Å². The van der Waals surface area contributed by atoms with Crippen molar-refractivity contribution in [3.8, 4) is 0 Å². The molecule has 0 radical (unpaired) electrons. The van der Waals surface area contributed by atoms with Crippen molar-refractivity contribution in [2.45, 2.75) is 50.9 Å². The van der Waals surface area contributed by atoms with Crippen LogP contribution in [0.3, 0.4) is 0 Å². The summed E-state index contributed by atoms with van der Waals surface area (Å²) in [7, 11) is 1.50. The van der Waals surface area contributed by atoms with Gasteiger partial charge in [0.15, 0.2) is 11.6 Å². The topological polar surface area (TPSA) is 65.2 Å². The van der Waals surface area contributed by atoms with Gasteiger partial charge in [-0.2, -0.15) is 4.98 Å². The SMILES string of the molecule is COCC(=O)Cc1nc(C2CCCCCC2)no1. The number of hydrogen-bond acceptors (Lipinski definition) is 5. The molecule has 100 valence electrons. The van der Waals surface area contributed by atoms with Crippen LogP contribution in [0.15, 0.2) is 4.52 Å². The van der Waals surface area contributed by atoms with Crippen molar-refractivity contribution in [2.75, 3.05) is 13.7 Å². The van der Waals surface area contributed by atoms with E-state index in [4.69, 9.17) is 9.26 Å². The van der Waals surface area contributed by atoms with Gasteiger partial charge in [0, 0.05) is 13.0 Å². The predicted molar refractivity (Wildman–Crippen MR) is 65.3 cm³/mol. The van der Waals surface area contributed by atoms with Gasteiger partial charge < -0.3 is 9.26 Å². The Morgan fingerprint density at radius 1 is 1.33 bits per heavy atom. The molecule has 1 aromatic rings. The lowest BCUT2D eigenvalue weighted by Crippen LogP contribution is -2.10. The third kappa shape index (κ3) is 3.63. The number of hydrogen-bond donors (Lipinski definition) is 0. The van der Waals surface area contributed by atoms with Gasteiger partial charge in [0.2, 0.25) is 5.89 Å². The van der Waals surface area contributed by atoms with Crippen LogP contribution in [0.25, 0.3) is 0 Å². The van der Waals surface area contributed by atoms with Gasteiger partial charge in [0.1, 0.15) is 6.61 Å². The molecule has 1 aliphatic rings. The van der Waals surface area contributed by atoms with E-state index in [-0.39, 0.29) is 18.8 Å². The Morgan fingerprint density at radius 2 is 2.06 bits per heavy atom. The molecule has 0 bridgehead atoms. The third-order valence-corrected chi connectivity index (χ3v) is 3.36. The highest BCUT2D eigenvalue weighted by molar-refractivity contribution is 5.81. The fourth-order valence-electron chi connectivity index (χ4n) is 2.42. The third-order valence-electron chi connectivity index (χ3n) is 3.36. The van der Waals surface area contributed by atoms with Crippen LogP contribution in [0.2, 0.25) is 0 Å². The lowest BCUT2D eigenvalue weighted by molar-refractivity contribution is -0.122. The first-order valence-electron chi connectivity index (χ1n) is 6.62. The number of carbonyl (C=O) groups excluding carboxylic acids is 1. The molecule has 0 N–H and O–H groups in total. The Balaban J connectivity index is 1.94. The van der Waals surface area contributed by atoms with Crippen LogP contribution < -0.4 is 0 Å². The van der Waals surface area contributed by atoms with Crippen molar-refractivity contribution < 1.29 is 14.1 Å². The molecule has 0 spiro atoms. The van der Waals surface area contributed by atoms with Gasteiger partial charge in [-0.05, 0) is 12.8 Å². The maximum atomic E-state index is 11.4. The molecule has 18 heavy (non-hydrogen) atoms. The zero-order valence-corrected chi connectivity index (χ0v) is 10.9. The lowest BCUT2D eigenvalue weighted by atomic mass is 10.00. The standard InChI is InChI=1S/C13H20N2O3/c1-17-9-11(16)8-12-14-13(15-18-12)10-6-4-2-3-5-7-10/h10H,2-9H2,1H3. The summed E-state index contributed by atoms with van der Waals surface area (Å²) in [4.78, 5) is 15.7. The number of carbonyl (C=O) groups is 1. The number of nitrogens with zero attached hydrogens (tertiary/aromatic N) is 2. The van der Waals surface area contributed by atoms with Gasteiger partial charge in [-0.25, -0.2) is 0 Å². The summed E-state index contributed by atoms with van der Waals surface area (Å²) in [5, 5.41) is 4.02. The van der Waals surface area contributed by atoms with Crippen molar-refractivity contribution in [1.29, 1.82) is 0 Å². The zero-order chi connectivity index (χ0) is 12.8. The van der Waals surface area contributed by atoms with Gasteiger partial charge in [0.05, 0.1) is 6.42 Å². The number of aromatic nitrogens is 2. The van der Waals surface area contributed by atoms with E-state index in [9.17, 15) is 4.79 Å². The van der Waals surface area contributed by atoms with Crippen LogP contribution in [0.4, 0.5) is 0 Å². The molecule has 5 heteroatoms. The van der Waals surface area contributed by atoms with Gasteiger partial charge in [-0.3, -0.25) is 4.79 Å². The molecule has 1 fully saturated rings. The van der Waals surface area contributed by atoms with E-state index < -0.39 is 0 Å². The van der Waals surface area contributed by atoms with E-state index in [1.165, 1.54) is 32.8 Å². The average molecular weight is 252 g/mol. The number of ketones is 1. The second-order valence-corrected chi connectivity index (χ2v) is 4.88. The minimum Gasteiger partial charge on any atom is -0.377 e. The fourth-order valence-corrected chi connectivity index (χ4v) is 2.42. The molecule has 0 aliphatic heterocycles. The Kier molecular flexibility index (Phi) is 4.87. The normalized spacial score (nSPS) is 17.6. The van der Waals surface area contributed by atoms with Crippen molar-refractivity contribution >= 4 is 5.78 Å². The van der Waals surface area contributed by atoms with Crippen LogP contribution >= 0.6 is 0 Å². The van der Waals surface area contributed by atoms with Crippen molar-refractivity contribution in [1.82, 2.24) is 10.1 Å². The van der Waals surface area contributed by atoms with Gasteiger partial charge in [0.25, 0.3) is 0 Å². The molecular weight excluding hydrogens is 232 g/mol. The maximum Gasteiger partial charge on any atom is 0.234 e. The largest absolute Gasteiger partial charge is 0.377 e. The van der Waals surface area contributed by atoms with Gasteiger partial charge in [-0.1, -0.05) is 30.8 Å². The van der Waals surface area contributed by atoms with E-state index in [1.807, 2.05) is 0 Å². The summed E-state index contributed by atoms with van der Waals surface area (Å²) in [5.41, 5.74) is 0. The Hall–Kier alpha value is -1.23. The lowest BCUT2D eigenvalue weighted by Gasteiger charge is -2.07. The predicted octanol–water partition coefficient (Wildman–Crippen LogP) is 2.27. The number of Topliss-reactive ketones (excluding diaryl/α,β-unsaturated/α-hetero) is 1. The maximum absolute atomic E-state index is 11.4. The second-order valence-electron chi connectivity index (χ2n) is 4.88. The Morgan fingerprint density at radius 3 is 2.72 bits per heavy atom. The van der Waals surface area contributed by atoms with Gasteiger partial charge in [-0.15, -0.1) is 0 Å². The van der Waals surface area contributed by atoms with E-state index >= 15 is 0 Å². The molecule has 5 nitrogen and oxygen atoms in total. The number of rotatable bonds is 5. The monoisotopic (exact) mass is 252 g/mol. The molecule has 1 heterocycles. The molecule has 0 atom stereocenters. The molecule has 1 aromatic heterocycles. The second kappa shape index (κ2) is 6.64. The van der Waals surface area contributed by atoms with E-state index in [0.717, 1.165) is 18.7 Å². The summed E-state index contributed by atoms with van der Waals surface area (Å²) < 4.78 is 9.91. The van der Waals surface area contributed by atoms with Crippen molar-refractivity contribution in [3.05, 3.63) is 11.7 Å². The fraction of sp³-hybridized carbons (Fsp3) is 0.769. The minimum atomic E-state index is -0.0337. The molecule has 0 unspecified atom stereocenters. The minimum absolute atomic E-state index is 0.0337. The highest BCUT2D eigenvalue weighted by Gasteiger charge is 2.20. The van der Waals surface area contributed by atoms with E-state index in [0.29, 0.717) is 11.8 Å². The Labute approximate surface area is 107 Å². The summed E-state index contributed by atoms with van der Waals surface area (Å²) in [5.74, 6) is 1.56. The first-order valence-corrected chi connectivity index (χ1v) is 6.62. The molecular formula is C13H20N2O3.